The lowest BCUT2D eigenvalue weighted by Crippen LogP contribution is -2.29. The number of thioether (sulfide) groups is 1. The third-order valence-corrected chi connectivity index (χ3v) is 6.55. The molecular weight excluding hydrogens is 304 g/mol. The van der Waals surface area contributed by atoms with Crippen molar-refractivity contribution in [1.29, 1.82) is 0 Å². The number of hydrogen-bond donors (Lipinski definition) is 0. The Bertz CT molecular complexity index is 746. The monoisotopic (exact) mass is 320 g/mol. The summed E-state index contributed by atoms with van der Waals surface area (Å²) in [5.74, 6) is 0. The summed E-state index contributed by atoms with van der Waals surface area (Å²) in [4.78, 5) is 9.14. The van der Waals surface area contributed by atoms with Gasteiger partial charge in [0.15, 0.2) is 15.0 Å². The van der Waals surface area contributed by atoms with Gasteiger partial charge in [-0.25, -0.2) is 18.4 Å². The number of fused-ring (bicyclic) bond motifs is 1. The first-order valence-electron chi connectivity index (χ1n) is 6.79. The minimum absolute atomic E-state index is 0.379. The zero-order chi connectivity index (χ0) is 14.9. The fraction of sp³-hybridized carbons (Fsp3) is 0.333. The first-order chi connectivity index (χ1) is 10.1. The highest BCUT2D eigenvalue weighted by Crippen LogP contribution is 2.28. The van der Waals surface area contributed by atoms with Crippen molar-refractivity contribution >= 4 is 21.6 Å². The fourth-order valence-corrected chi connectivity index (χ4v) is 4.73. The Balaban J connectivity index is 1.90. The zero-order valence-electron chi connectivity index (χ0n) is 11.7. The Morgan fingerprint density at radius 2 is 2.00 bits per heavy atom. The molecule has 0 saturated carbocycles. The molecule has 0 bridgehead atoms. The molecule has 0 saturated heterocycles. The van der Waals surface area contributed by atoms with Gasteiger partial charge in [0.1, 0.15) is 0 Å². The van der Waals surface area contributed by atoms with Crippen molar-refractivity contribution in [3.8, 4) is 0 Å². The Morgan fingerprint density at radius 1 is 1.24 bits per heavy atom. The number of benzene rings is 1. The topological polar surface area (TPSA) is 59.9 Å². The smallest absolute Gasteiger partial charge is 0.187 e. The van der Waals surface area contributed by atoms with E-state index in [1.807, 2.05) is 12.3 Å². The molecule has 0 amide bonds. The molecule has 1 heterocycles. The van der Waals surface area contributed by atoms with E-state index >= 15 is 0 Å². The maximum Gasteiger partial charge on any atom is 0.187 e. The lowest BCUT2D eigenvalue weighted by atomic mass is 9.97. The number of hydrogen-bond acceptors (Lipinski definition) is 5. The van der Waals surface area contributed by atoms with Gasteiger partial charge in [-0.1, -0.05) is 30.0 Å². The van der Waals surface area contributed by atoms with Crippen LogP contribution in [0, 0.1) is 0 Å². The maximum absolute atomic E-state index is 12.7. The number of aryl methyl sites for hydroxylation is 1. The molecule has 1 aromatic carbocycles. The summed E-state index contributed by atoms with van der Waals surface area (Å²) in [6.07, 6.45) is 5.53. The van der Waals surface area contributed by atoms with Crippen LogP contribution in [-0.2, 0) is 22.7 Å². The van der Waals surface area contributed by atoms with E-state index in [0.29, 0.717) is 24.2 Å². The van der Waals surface area contributed by atoms with Crippen LogP contribution >= 0.6 is 11.8 Å². The first kappa shape index (κ1) is 14.5. The average Bonchev–Trinajstić information content (AvgIpc) is 2.54. The summed E-state index contributed by atoms with van der Waals surface area (Å²) in [6.45, 7) is 0. The molecule has 1 aromatic heterocycles. The zero-order valence-corrected chi connectivity index (χ0v) is 13.3. The van der Waals surface area contributed by atoms with Gasteiger partial charge in [0.25, 0.3) is 0 Å². The molecule has 110 valence electrons. The summed E-state index contributed by atoms with van der Waals surface area (Å²) in [5.41, 5.74) is 1.96. The van der Waals surface area contributed by atoms with Gasteiger partial charge >= 0.3 is 0 Å². The molecule has 0 radical (unpaired) electrons. The van der Waals surface area contributed by atoms with Crippen LogP contribution in [0.25, 0.3) is 0 Å². The normalized spacial score (nSPS) is 18.2. The molecule has 0 spiro atoms. The second-order valence-electron chi connectivity index (χ2n) is 5.05. The molecule has 0 fully saturated rings. The molecule has 6 heteroatoms. The predicted molar refractivity (Wildman–Crippen MR) is 83.3 cm³/mol. The van der Waals surface area contributed by atoms with E-state index in [4.69, 9.17) is 0 Å². The molecule has 1 unspecified atom stereocenters. The van der Waals surface area contributed by atoms with Gasteiger partial charge in [-0.15, -0.1) is 0 Å². The molecule has 2 aromatic rings. The van der Waals surface area contributed by atoms with Crippen molar-refractivity contribution < 1.29 is 8.42 Å². The van der Waals surface area contributed by atoms with Crippen LogP contribution in [0.3, 0.4) is 0 Å². The van der Waals surface area contributed by atoms with Crippen LogP contribution in [0.5, 0.6) is 0 Å². The van der Waals surface area contributed by atoms with Crippen molar-refractivity contribution in [2.24, 2.45) is 0 Å². The number of nitrogens with zero attached hydrogens (tertiary/aromatic N) is 2. The Hall–Kier alpha value is -1.40. The lowest BCUT2D eigenvalue weighted by Gasteiger charge is -2.23. The van der Waals surface area contributed by atoms with Gasteiger partial charge in [0, 0.05) is 11.9 Å². The van der Waals surface area contributed by atoms with Crippen LogP contribution in [-0.4, -0.2) is 29.9 Å². The average molecular weight is 320 g/mol. The quantitative estimate of drug-likeness (QED) is 0.642. The van der Waals surface area contributed by atoms with Gasteiger partial charge in [0.2, 0.25) is 0 Å². The van der Waals surface area contributed by atoms with Crippen molar-refractivity contribution in [2.45, 2.75) is 34.6 Å². The van der Waals surface area contributed by atoms with E-state index in [9.17, 15) is 8.42 Å². The van der Waals surface area contributed by atoms with Gasteiger partial charge in [-0.2, -0.15) is 0 Å². The standard InChI is InChI=1S/C15H16N2O2S2/c1-20-15-16-10-11-9-13(7-8-14(11)17-15)21(18,19)12-5-3-2-4-6-12/h2-6,10,13H,7-9H2,1H3. The fourth-order valence-electron chi connectivity index (χ4n) is 2.62. The number of sulfone groups is 1. The van der Waals surface area contributed by atoms with Gasteiger partial charge in [0.05, 0.1) is 10.1 Å². The predicted octanol–water partition coefficient (Wildman–Crippen LogP) is 2.53. The van der Waals surface area contributed by atoms with E-state index < -0.39 is 9.84 Å². The third kappa shape index (κ3) is 2.82. The van der Waals surface area contributed by atoms with Gasteiger partial charge < -0.3 is 0 Å². The van der Waals surface area contributed by atoms with E-state index in [1.165, 1.54) is 11.8 Å². The van der Waals surface area contributed by atoms with Gasteiger partial charge in [-0.05, 0) is 43.2 Å². The van der Waals surface area contributed by atoms with Gasteiger partial charge in [-0.3, -0.25) is 0 Å². The SMILES string of the molecule is CSc1ncc2c(n1)CCC(S(=O)(=O)c1ccccc1)C2. The van der Waals surface area contributed by atoms with E-state index in [2.05, 4.69) is 9.97 Å². The van der Waals surface area contributed by atoms with Crippen molar-refractivity contribution in [3.05, 3.63) is 47.8 Å². The highest BCUT2D eigenvalue weighted by atomic mass is 32.2. The second-order valence-corrected chi connectivity index (χ2v) is 8.05. The molecular formula is C15H16N2O2S2. The molecule has 1 aliphatic rings. The third-order valence-electron chi connectivity index (χ3n) is 3.78. The highest BCUT2D eigenvalue weighted by molar-refractivity contribution is 7.98. The van der Waals surface area contributed by atoms with E-state index in [1.54, 1.807) is 30.5 Å². The molecule has 21 heavy (non-hydrogen) atoms. The summed E-state index contributed by atoms with van der Waals surface area (Å²) in [6, 6.07) is 8.68. The van der Waals surface area contributed by atoms with Crippen LogP contribution in [0.4, 0.5) is 0 Å². The minimum atomic E-state index is -3.28. The van der Waals surface area contributed by atoms with E-state index in [0.717, 1.165) is 16.4 Å². The Labute approximate surface area is 128 Å². The summed E-state index contributed by atoms with van der Waals surface area (Å²) in [5, 5.41) is 0.370. The first-order valence-corrected chi connectivity index (χ1v) is 9.56. The summed E-state index contributed by atoms with van der Waals surface area (Å²) < 4.78 is 25.4. The van der Waals surface area contributed by atoms with Crippen molar-refractivity contribution in [2.75, 3.05) is 6.26 Å². The van der Waals surface area contributed by atoms with Crippen LogP contribution in [0.2, 0.25) is 0 Å². The molecule has 1 aliphatic carbocycles. The highest BCUT2D eigenvalue weighted by Gasteiger charge is 2.31. The molecule has 3 rings (SSSR count). The Morgan fingerprint density at radius 3 is 2.71 bits per heavy atom. The number of rotatable bonds is 3. The van der Waals surface area contributed by atoms with Crippen LogP contribution in [0.15, 0.2) is 46.6 Å². The second kappa shape index (κ2) is 5.77. The number of aromatic nitrogens is 2. The van der Waals surface area contributed by atoms with Crippen molar-refractivity contribution in [1.82, 2.24) is 9.97 Å². The van der Waals surface area contributed by atoms with Crippen LogP contribution < -0.4 is 0 Å². The maximum atomic E-state index is 12.7. The minimum Gasteiger partial charge on any atom is -0.231 e. The molecule has 1 atom stereocenters. The van der Waals surface area contributed by atoms with E-state index in [-0.39, 0.29) is 5.25 Å². The van der Waals surface area contributed by atoms with Crippen molar-refractivity contribution in [3.63, 3.8) is 0 Å². The lowest BCUT2D eigenvalue weighted by molar-refractivity contribution is 0.556. The summed E-state index contributed by atoms with van der Waals surface area (Å²) in [7, 11) is -3.28. The Kier molecular flexibility index (Phi) is 3.99. The molecule has 0 aliphatic heterocycles. The van der Waals surface area contributed by atoms with Crippen LogP contribution in [0.1, 0.15) is 17.7 Å². The molecule has 4 nitrogen and oxygen atoms in total. The summed E-state index contributed by atoms with van der Waals surface area (Å²) >= 11 is 1.50. The largest absolute Gasteiger partial charge is 0.231 e. The molecule has 0 N–H and O–H groups in total.